The van der Waals surface area contributed by atoms with Crippen LogP contribution >= 0.6 is 11.6 Å². The summed E-state index contributed by atoms with van der Waals surface area (Å²) in [7, 11) is 0. The zero-order valence-electron chi connectivity index (χ0n) is 9.10. The van der Waals surface area contributed by atoms with E-state index in [1.54, 1.807) is 25.1 Å². The number of nitrogens with two attached hydrogens (primary N) is 1. The Morgan fingerprint density at radius 1 is 1.12 bits per heavy atom. The fourth-order valence-corrected chi connectivity index (χ4v) is 1.88. The van der Waals surface area contributed by atoms with E-state index in [-0.39, 0.29) is 10.6 Å². The van der Waals surface area contributed by atoms with E-state index in [9.17, 15) is 8.78 Å². The molecule has 0 bridgehead atoms. The number of hydrogen-bond acceptors (Lipinski definition) is 1. The van der Waals surface area contributed by atoms with Gasteiger partial charge in [0.2, 0.25) is 0 Å². The molecule has 2 N–H and O–H groups in total. The molecule has 0 saturated heterocycles. The molecule has 0 aliphatic heterocycles. The van der Waals surface area contributed by atoms with Crippen LogP contribution in [0.4, 0.5) is 14.5 Å². The number of hydrogen-bond donors (Lipinski definition) is 1. The Bertz CT molecular complexity index is 582. The summed E-state index contributed by atoms with van der Waals surface area (Å²) in [6.07, 6.45) is 0. The number of anilines is 1. The Hall–Kier alpha value is -1.61. The van der Waals surface area contributed by atoms with E-state index in [1.165, 1.54) is 6.07 Å². The molecule has 2 rings (SSSR count). The molecule has 88 valence electrons. The Balaban J connectivity index is 2.68. The van der Waals surface area contributed by atoms with Gasteiger partial charge in [-0.15, -0.1) is 0 Å². The van der Waals surface area contributed by atoms with E-state index in [2.05, 4.69) is 0 Å². The summed E-state index contributed by atoms with van der Waals surface area (Å²) in [6, 6.07) is 7.28. The molecule has 2 aromatic carbocycles. The molecule has 0 aromatic heterocycles. The number of rotatable bonds is 1. The summed E-state index contributed by atoms with van der Waals surface area (Å²) >= 11 is 5.89. The lowest BCUT2D eigenvalue weighted by Crippen LogP contribution is -1.94. The third kappa shape index (κ3) is 2.11. The fraction of sp³-hybridized carbons (Fsp3) is 0.0769. The van der Waals surface area contributed by atoms with Gasteiger partial charge in [0, 0.05) is 11.3 Å². The standard InChI is InChI=1S/C13H10ClF2N/c1-7-6-8(2-5-11(7)17)12-9(14)3-4-10(15)13(12)16/h2-6H,17H2,1H3. The van der Waals surface area contributed by atoms with E-state index in [1.807, 2.05) is 0 Å². The van der Waals surface area contributed by atoms with Gasteiger partial charge in [-0.1, -0.05) is 17.7 Å². The lowest BCUT2D eigenvalue weighted by atomic mass is 10.0. The van der Waals surface area contributed by atoms with Crippen molar-refractivity contribution in [2.24, 2.45) is 0 Å². The topological polar surface area (TPSA) is 26.0 Å². The van der Waals surface area contributed by atoms with Gasteiger partial charge >= 0.3 is 0 Å². The van der Waals surface area contributed by atoms with Crippen molar-refractivity contribution in [3.8, 4) is 11.1 Å². The molecular formula is C13H10ClF2N. The summed E-state index contributed by atoms with van der Waals surface area (Å²) < 4.78 is 26.9. The zero-order valence-corrected chi connectivity index (χ0v) is 9.85. The summed E-state index contributed by atoms with van der Waals surface area (Å²) in [4.78, 5) is 0. The number of halogens is 3. The van der Waals surface area contributed by atoms with E-state index in [0.29, 0.717) is 11.3 Å². The van der Waals surface area contributed by atoms with E-state index < -0.39 is 11.6 Å². The van der Waals surface area contributed by atoms with Crippen molar-refractivity contribution in [2.75, 3.05) is 5.73 Å². The summed E-state index contributed by atoms with van der Waals surface area (Å²) in [5.74, 6) is -1.86. The Morgan fingerprint density at radius 2 is 1.82 bits per heavy atom. The molecular weight excluding hydrogens is 244 g/mol. The predicted molar refractivity (Wildman–Crippen MR) is 66.0 cm³/mol. The Morgan fingerprint density at radius 3 is 2.47 bits per heavy atom. The van der Waals surface area contributed by atoms with Crippen LogP contribution in [-0.4, -0.2) is 0 Å². The Labute approximate surface area is 103 Å². The first-order valence-electron chi connectivity index (χ1n) is 5.00. The van der Waals surface area contributed by atoms with Crippen molar-refractivity contribution < 1.29 is 8.78 Å². The maximum absolute atomic E-state index is 13.7. The molecule has 0 radical (unpaired) electrons. The predicted octanol–water partition coefficient (Wildman–Crippen LogP) is 4.18. The second kappa shape index (κ2) is 4.34. The van der Waals surface area contributed by atoms with E-state index in [0.717, 1.165) is 11.6 Å². The van der Waals surface area contributed by atoms with Crippen LogP contribution in [0.3, 0.4) is 0 Å². The van der Waals surface area contributed by atoms with Gasteiger partial charge in [0.25, 0.3) is 0 Å². The molecule has 0 aliphatic carbocycles. The van der Waals surface area contributed by atoms with Gasteiger partial charge in [0.1, 0.15) is 0 Å². The largest absolute Gasteiger partial charge is 0.399 e. The number of nitrogen functional groups attached to an aromatic ring is 1. The molecule has 0 aliphatic rings. The van der Waals surface area contributed by atoms with Crippen LogP contribution in [0, 0.1) is 18.6 Å². The maximum atomic E-state index is 13.7. The lowest BCUT2D eigenvalue weighted by Gasteiger charge is -2.09. The van der Waals surface area contributed by atoms with Gasteiger partial charge < -0.3 is 5.73 Å². The normalized spacial score (nSPS) is 10.6. The molecule has 2 aromatic rings. The van der Waals surface area contributed by atoms with Gasteiger partial charge in [-0.25, -0.2) is 8.78 Å². The summed E-state index contributed by atoms with van der Waals surface area (Å²) in [6.45, 7) is 1.80. The molecule has 17 heavy (non-hydrogen) atoms. The monoisotopic (exact) mass is 253 g/mol. The molecule has 0 fully saturated rings. The van der Waals surface area contributed by atoms with Crippen LogP contribution in [0.2, 0.25) is 5.02 Å². The minimum atomic E-state index is -0.943. The summed E-state index contributed by atoms with van der Waals surface area (Å²) in [5, 5.41) is 0.174. The van der Waals surface area contributed by atoms with Crippen LogP contribution in [0.25, 0.3) is 11.1 Å². The van der Waals surface area contributed by atoms with Crippen molar-refractivity contribution in [3.63, 3.8) is 0 Å². The molecule has 0 heterocycles. The first-order valence-corrected chi connectivity index (χ1v) is 5.38. The van der Waals surface area contributed by atoms with Crippen molar-refractivity contribution in [3.05, 3.63) is 52.6 Å². The molecule has 0 saturated carbocycles. The van der Waals surface area contributed by atoms with Crippen molar-refractivity contribution >= 4 is 17.3 Å². The first-order chi connectivity index (χ1) is 8.00. The molecule has 1 nitrogen and oxygen atoms in total. The highest BCUT2D eigenvalue weighted by Gasteiger charge is 2.14. The third-order valence-electron chi connectivity index (χ3n) is 2.60. The maximum Gasteiger partial charge on any atom is 0.168 e. The van der Waals surface area contributed by atoms with Crippen molar-refractivity contribution in [1.29, 1.82) is 0 Å². The van der Waals surface area contributed by atoms with Crippen molar-refractivity contribution in [2.45, 2.75) is 6.92 Å². The summed E-state index contributed by atoms with van der Waals surface area (Å²) in [5.41, 5.74) is 7.64. The van der Waals surface area contributed by atoms with Gasteiger partial charge in [0.15, 0.2) is 11.6 Å². The van der Waals surface area contributed by atoms with Crippen LogP contribution in [0.15, 0.2) is 30.3 Å². The third-order valence-corrected chi connectivity index (χ3v) is 2.92. The van der Waals surface area contributed by atoms with Crippen molar-refractivity contribution in [1.82, 2.24) is 0 Å². The zero-order chi connectivity index (χ0) is 12.6. The smallest absolute Gasteiger partial charge is 0.168 e. The number of benzene rings is 2. The highest BCUT2D eigenvalue weighted by atomic mass is 35.5. The second-order valence-electron chi connectivity index (χ2n) is 3.79. The SMILES string of the molecule is Cc1cc(-c2c(Cl)ccc(F)c2F)ccc1N. The molecule has 4 heteroatoms. The van der Waals surface area contributed by atoms with Crippen LogP contribution in [0.5, 0.6) is 0 Å². The van der Waals surface area contributed by atoms with Gasteiger partial charge in [0.05, 0.1) is 5.02 Å². The molecule has 0 amide bonds. The highest BCUT2D eigenvalue weighted by molar-refractivity contribution is 6.33. The highest BCUT2D eigenvalue weighted by Crippen LogP contribution is 2.33. The fourth-order valence-electron chi connectivity index (χ4n) is 1.62. The first kappa shape index (κ1) is 11.9. The van der Waals surface area contributed by atoms with Gasteiger partial charge in [-0.2, -0.15) is 0 Å². The van der Waals surface area contributed by atoms with Gasteiger partial charge in [-0.05, 0) is 42.3 Å². The quantitative estimate of drug-likeness (QED) is 0.599. The van der Waals surface area contributed by atoms with E-state index in [4.69, 9.17) is 17.3 Å². The second-order valence-corrected chi connectivity index (χ2v) is 4.20. The molecule has 0 spiro atoms. The molecule has 0 unspecified atom stereocenters. The van der Waals surface area contributed by atoms with Gasteiger partial charge in [-0.3, -0.25) is 0 Å². The van der Waals surface area contributed by atoms with Crippen LogP contribution in [-0.2, 0) is 0 Å². The molecule has 0 atom stereocenters. The average Bonchev–Trinajstić information content (AvgIpc) is 2.29. The van der Waals surface area contributed by atoms with Crippen LogP contribution in [0.1, 0.15) is 5.56 Å². The van der Waals surface area contributed by atoms with Crippen LogP contribution < -0.4 is 5.73 Å². The average molecular weight is 254 g/mol. The number of aryl methyl sites for hydroxylation is 1. The lowest BCUT2D eigenvalue weighted by molar-refractivity contribution is 0.511. The minimum absolute atomic E-state index is 0.0646. The Kier molecular flexibility index (Phi) is 3.03. The minimum Gasteiger partial charge on any atom is -0.399 e. The van der Waals surface area contributed by atoms with E-state index >= 15 is 0 Å².